The van der Waals surface area contributed by atoms with Gasteiger partial charge >= 0.3 is 5.97 Å². The maximum absolute atomic E-state index is 11.1. The third kappa shape index (κ3) is 5.60. The molecule has 0 radical (unpaired) electrons. The number of benzene rings is 1. The zero-order valence-corrected chi connectivity index (χ0v) is 17.1. The van der Waals surface area contributed by atoms with Gasteiger partial charge in [0.1, 0.15) is 5.75 Å². The number of imidazole rings is 1. The summed E-state index contributed by atoms with van der Waals surface area (Å²) in [5.74, 6) is 2.20. The number of unbranched alkanes of at least 4 members (excludes halogenated alkanes) is 2. The Morgan fingerprint density at radius 3 is 2.76 bits per heavy atom. The van der Waals surface area contributed by atoms with E-state index in [4.69, 9.17) is 18.9 Å². The lowest BCUT2D eigenvalue weighted by molar-refractivity contribution is -0.140. The molecule has 0 saturated carbocycles. The van der Waals surface area contributed by atoms with Crippen LogP contribution in [0.3, 0.4) is 0 Å². The Morgan fingerprint density at radius 1 is 1.10 bits per heavy atom. The summed E-state index contributed by atoms with van der Waals surface area (Å²) >= 11 is 0. The number of furan rings is 1. The lowest BCUT2D eigenvalue weighted by Crippen LogP contribution is -2.04. The molecule has 0 unspecified atom stereocenters. The molecule has 0 bridgehead atoms. The van der Waals surface area contributed by atoms with E-state index in [9.17, 15) is 4.79 Å². The number of carbonyl (C=O) groups is 1. The lowest BCUT2D eigenvalue weighted by Gasteiger charge is -2.09. The molecule has 0 saturated heterocycles. The summed E-state index contributed by atoms with van der Waals surface area (Å²) < 4.78 is 23.5. The van der Waals surface area contributed by atoms with Crippen molar-refractivity contribution in [1.82, 2.24) is 9.55 Å². The SMILES string of the molecule is COCCCn1c(-c2ccco2)nc2ccc(OCCCCCC(=O)OC)cc21. The number of aromatic nitrogens is 2. The standard InChI is InChI=1S/C22H28N2O5/c1-26-13-7-12-24-19-16-17(28-14-5-3-4-9-21(25)27-2)10-11-18(19)23-22(24)20-8-6-15-29-20/h6,8,10-11,15-16H,3-5,7,9,12-14H2,1-2H3. The molecule has 7 nitrogen and oxygen atoms in total. The summed E-state index contributed by atoms with van der Waals surface area (Å²) in [6.07, 6.45) is 5.62. The van der Waals surface area contributed by atoms with Crippen LogP contribution in [0.5, 0.6) is 5.75 Å². The van der Waals surface area contributed by atoms with E-state index < -0.39 is 0 Å². The number of ether oxygens (including phenoxy) is 3. The Labute approximate surface area is 170 Å². The molecule has 1 aromatic carbocycles. The highest BCUT2D eigenvalue weighted by Crippen LogP contribution is 2.28. The van der Waals surface area contributed by atoms with Gasteiger partial charge in [0.05, 0.1) is 31.0 Å². The van der Waals surface area contributed by atoms with E-state index in [1.807, 2.05) is 30.3 Å². The van der Waals surface area contributed by atoms with Gasteiger partial charge in [0.25, 0.3) is 0 Å². The monoisotopic (exact) mass is 400 g/mol. The topological polar surface area (TPSA) is 75.7 Å². The Hall–Kier alpha value is -2.80. The first kappa shape index (κ1) is 20.9. The molecule has 0 atom stereocenters. The van der Waals surface area contributed by atoms with Crippen LogP contribution in [-0.4, -0.2) is 43.0 Å². The molecule has 3 aromatic rings. The molecule has 0 amide bonds. The molecular formula is C22H28N2O5. The van der Waals surface area contributed by atoms with Gasteiger partial charge in [-0.15, -0.1) is 0 Å². The lowest BCUT2D eigenvalue weighted by atomic mass is 10.2. The molecule has 7 heteroatoms. The zero-order valence-electron chi connectivity index (χ0n) is 17.1. The van der Waals surface area contributed by atoms with Crippen molar-refractivity contribution < 1.29 is 23.4 Å². The van der Waals surface area contributed by atoms with Crippen LogP contribution in [0, 0.1) is 0 Å². The van der Waals surface area contributed by atoms with Crippen LogP contribution < -0.4 is 4.74 Å². The molecule has 0 fully saturated rings. The van der Waals surface area contributed by atoms with Gasteiger partial charge in [-0.05, 0) is 49.9 Å². The van der Waals surface area contributed by atoms with Gasteiger partial charge in [0.2, 0.25) is 0 Å². The quantitative estimate of drug-likeness (QED) is 0.330. The molecule has 0 aliphatic heterocycles. The first-order chi connectivity index (χ1) is 14.2. The van der Waals surface area contributed by atoms with Crippen molar-refractivity contribution in [2.45, 2.75) is 38.6 Å². The molecule has 0 aliphatic carbocycles. The third-order valence-electron chi connectivity index (χ3n) is 4.71. The zero-order chi connectivity index (χ0) is 20.5. The van der Waals surface area contributed by atoms with Gasteiger partial charge in [-0.1, -0.05) is 0 Å². The van der Waals surface area contributed by atoms with Crippen molar-refractivity contribution in [3.8, 4) is 17.3 Å². The molecule has 0 spiro atoms. The van der Waals surface area contributed by atoms with Gasteiger partial charge in [0.15, 0.2) is 11.6 Å². The van der Waals surface area contributed by atoms with Gasteiger partial charge in [0, 0.05) is 32.7 Å². The predicted molar refractivity (Wildman–Crippen MR) is 110 cm³/mol. The number of rotatable bonds is 12. The van der Waals surface area contributed by atoms with E-state index in [0.29, 0.717) is 19.6 Å². The molecule has 2 heterocycles. The number of nitrogens with zero attached hydrogens (tertiary/aromatic N) is 2. The predicted octanol–water partition coefficient (Wildman–Crippen LogP) is 4.45. The Balaban J connectivity index is 1.67. The van der Waals surface area contributed by atoms with Crippen molar-refractivity contribution in [2.75, 3.05) is 27.4 Å². The maximum Gasteiger partial charge on any atom is 0.305 e. The average Bonchev–Trinajstić information content (AvgIpc) is 3.38. The van der Waals surface area contributed by atoms with E-state index in [0.717, 1.165) is 60.6 Å². The number of hydrogen-bond acceptors (Lipinski definition) is 6. The average molecular weight is 400 g/mol. The Morgan fingerprint density at radius 2 is 2.00 bits per heavy atom. The molecule has 2 aromatic heterocycles. The van der Waals surface area contributed by atoms with Gasteiger partial charge in [-0.25, -0.2) is 4.98 Å². The Kier molecular flexibility index (Phi) is 7.69. The molecule has 0 aliphatic rings. The largest absolute Gasteiger partial charge is 0.494 e. The van der Waals surface area contributed by atoms with Crippen LogP contribution in [0.4, 0.5) is 0 Å². The molecule has 3 rings (SSSR count). The number of fused-ring (bicyclic) bond motifs is 1. The first-order valence-electron chi connectivity index (χ1n) is 9.95. The molecule has 29 heavy (non-hydrogen) atoms. The first-order valence-corrected chi connectivity index (χ1v) is 9.95. The number of aryl methyl sites for hydroxylation is 1. The highest BCUT2D eigenvalue weighted by molar-refractivity contribution is 5.81. The van der Waals surface area contributed by atoms with Gasteiger partial charge in [-0.3, -0.25) is 4.79 Å². The van der Waals surface area contributed by atoms with Crippen LogP contribution in [0.1, 0.15) is 32.1 Å². The second-order valence-electron chi connectivity index (χ2n) is 6.80. The minimum Gasteiger partial charge on any atom is -0.494 e. The van der Waals surface area contributed by atoms with Crippen LogP contribution in [-0.2, 0) is 20.8 Å². The summed E-state index contributed by atoms with van der Waals surface area (Å²) in [7, 11) is 3.12. The fraction of sp³-hybridized carbons (Fsp3) is 0.455. The number of hydrogen-bond donors (Lipinski definition) is 0. The van der Waals surface area contributed by atoms with Crippen LogP contribution in [0.15, 0.2) is 41.0 Å². The van der Waals surface area contributed by atoms with E-state index >= 15 is 0 Å². The summed E-state index contributed by atoms with van der Waals surface area (Å²) in [5.41, 5.74) is 1.91. The summed E-state index contributed by atoms with van der Waals surface area (Å²) in [6, 6.07) is 9.72. The van der Waals surface area contributed by atoms with Crippen molar-refractivity contribution in [2.24, 2.45) is 0 Å². The third-order valence-corrected chi connectivity index (χ3v) is 4.71. The van der Waals surface area contributed by atoms with Crippen molar-refractivity contribution in [1.29, 1.82) is 0 Å². The fourth-order valence-electron chi connectivity index (χ4n) is 3.22. The molecule has 0 N–H and O–H groups in total. The van der Waals surface area contributed by atoms with E-state index in [2.05, 4.69) is 9.30 Å². The van der Waals surface area contributed by atoms with Crippen molar-refractivity contribution >= 4 is 17.0 Å². The fourth-order valence-corrected chi connectivity index (χ4v) is 3.22. The van der Waals surface area contributed by atoms with Gasteiger partial charge in [-0.2, -0.15) is 0 Å². The van der Waals surface area contributed by atoms with E-state index in [-0.39, 0.29) is 5.97 Å². The summed E-state index contributed by atoms with van der Waals surface area (Å²) in [6.45, 7) is 2.06. The smallest absolute Gasteiger partial charge is 0.305 e. The van der Waals surface area contributed by atoms with Crippen molar-refractivity contribution in [3.63, 3.8) is 0 Å². The van der Waals surface area contributed by atoms with Crippen LogP contribution in [0.2, 0.25) is 0 Å². The van der Waals surface area contributed by atoms with Gasteiger partial charge < -0.3 is 23.2 Å². The van der Waals surface area contributed by atoms with Crippen molar-refractivity contribution in [3.05, 3.63) is 36.6 Å². The van der Waals surface area contributed by atoms with E-state index in [1.165, 1.54) is 7.11 Å². The minimum atomic E-state index is -0.162. The number of esters is 1. The van der Waals surface area contributed by atoms with Crippen LogP contribution >= 0.6 is 0 Å². The summed E-state index contributed by atoms with van der Waals surface area (Å²) in [4.78, 5) is 15.9. The second kappa shape index (κ2) is 10.7. The maximum atomic E-state index is 11.1. The summed E-state index contributed by atoms with van der Waals surface area (Å²) in [5, 5.41) is 0. The Bertz CT molecular complexity index is 901. The highest BCUT2D eigenvalue weighted by atomic mass is 16.5. The molecule has 156 valence electrons. The van der Waals surface area contributed by atoms with E-state index in [1.54, 1.807) is 13.4 Å². The normalized spacial score (nSPS) is 11.1. The second-order valence-corrected chi connectivity index (χ2v) is 6.80. The number of methoxy groups -OCH3 is 2. The highest BCUT2D eigenvalue weighted by Gasteiger charge is 2.15. The van der Waals surface area contributed by atoms with Crippen LogP contribution in [0.25, 0.3) is 22.6 Å². The molecular weight excluding hydrogens is 372 g/mol. The number of carbonyl (C=O) groups excluding carboxylic acids is 1. The minimum absolute atomic E-state index is 0.162.